The van der Waals surface area contributed by atoms with E-state index in [1.54, 1.807) is 0 Å². The number of benzene rings is 1. The van der Waals surface area contributed by atoms with Crippen molar-refractivity contribution >= 4 is 28.4 Å². The van der Waals surface area contributed by atoms with Crippen molar-refractivity contribution in [2.24, 2.45) is 0 Å². The molecule has 4 heteroatoms. The van der Waals surface area contributed by atoms with Crippen molar-refractivity contribution in [1.29, 1.82) is 0 Å². The van der Waals surface area contributed by atoms with E-state index in [2.05, 4.69) is 10.3 Å². The first-order valence-corrected chi connectivity index (χ1v) is 5.43. The number of nitrogens with zero attached hydrogens (tertiary/aromatic N) is 1. The molecule has 0 unspecified atom stereocenters. The van der Waals surface area contributed by atoms with Crippen molar-refractivity contribution in [1.82, 2.24) is 10.3 Å². The molecule has 0 aliphatic rings. The highest BCUT2D eigenvalue weighted by Crippen LogP contribution is 2.25. The van der Waals surface area contributed by atoms with E-state index < -0.39 is 0 Å². The molecule has 0 bridgehead atoms. The topological polar surface area (TPSA) is 42.0 Å². The molecular formula is C12H11ClN2O. The van der Waals surface area contributed by atoms with Gasteiger partial charge in [-0.25, -0.2) is 0 Å². The molecule has 0 saturated carbocycles. The Morgan fingerprint density at radius 3 is 2.94 bits per heavy atom. The van der Waals surface area contributed by atoms with Crippen molar-refractivity contribution in [3.63, 3.8) is 0 Å². The van der Waals surface area contributed by atoms with Gasteiger partial charge in [0.15, 0.2) is 0 Å². The standard InChI is InChI=1S/C12H11ClN2O/c1-2-14-12(16)9-7-15-10-6-4-3-5-8(10)11(9)13/h3-7H,2H2,1H3,(H,14,16). The van der Waals surface area contributed by atoms with E-state index in [1.807, 2.05) is 31.2 Å². The fourth-order valence-corrected chi connectivity index (χ4v) is 1.82. The molecule has 0 fully saturated rings. The lowest BCUT2D eigenvalue weighted by atomic mass is 10.1. The number of carbonyl (C=O) groups is 1. The maximum Gasteiger partial charge on any atom is 0.254 e. The normalized spacial score (nSPS) is 10.4. The molecule has 0 spiro atoms. The molecule has 2 aromatic rings. The molecule has 3 nitrogen and oxygen atoms in total. The van der Waals surface area contributed by atoms with Gasteiger partial charge in [0, 0.05) is 18.1 Å². The lowest BCUT2D eigenvalue weighted by Gasteiger charge is -2.06. The maximum atomic E-state index is 11.7. The molecule has 16 heavy (non-hydrogen) atoms. The number of amides is 1. The molecule has 82 valence electrons. The van der Waals surface area contributed by atoms with Gasteiger partial charge in [0.2, 0.25) is 0 Å². The predicted octanol–water partition coefficient (Wildman–Crippen LogP) is 2.64. The average Bonchev–Trinajstić information content (AvgIpc) is 2.30. The van der Waals surface area contributed by atoms with Crippen LogP contribution in [0.25, 0.3) is 10.9 Å². The van der Waals surface area contributed by atoms with Gasteiger partial charge in [-0.15, -0.1) is 0 Å². The van der Waals surface area contributed by atoms with Crippen molar-refractivity contribution < 1.29 is 4.79 Å². The van der Waals surface area contributed by atoms with Crippen LogP contribution in [0.1, 0.15) is 17.3 Å². The van der Waals surface area contributed by atoms with Gasteiger partial charge in [0.1, 0.15) is 0 Å². The van der Waals surface area contributed by atoms with E-state index in [4.69, 9.17) is 11.6 Å². The van der Waals surface area contributed by atoms with Crippen LogP contribution in [-0.2, 0) is 0 Å². The third kappa shape index (κ3) is 1.86. The van der Waals surface area contributed by atoms with Gasteiger partial charge in [-0.3, -0.25) is 9.78 Å². The summed E-state index contributed by atoms with van der Waals surface area (Å²) < 4.78 is 0. The minimum atomic E-state index is -0.189. The zero-order valence-electron chi connectivity index (χ0n) is 8.83. The molecule has 1 aromatic heterocycles. The SMILES string of the molecule is CCNC(=O)c1cnc2ccccc2c1Cl. The van der Waals surface area contributed by atoms with Crippen LogP contribution >= 0.6 is 11.6 Å². The first kappa shape index (κ1) is 10.9. The van der Waals surface area contributed by atoms with Crippen LogP contribution < -0.4 is 5.32 Å². The number of carbonyl (C=O) groups excluding carboxylic acids is 1. The van der Waals surface area contributed by atoms with Crippen LogP contribution in [0.4, 0.5) is 0 Å². The molecule has 0 saturated heterocycles. The van der Waals surface area contributed by atoms with E-state index in [9.17, 15) is 4.79 Å². The van der Waals surface area contributed by atoms with Gasteiger partial charge < -0.3 is 5.32 Å². The third-order valence-corrected chi connectivity index (χ3v) is 2.70. The minimum Gasteiger partial charge on any atom is -0.352 e. The predicted molar refractivity (Wildman–Crippen MR) is 64.8 cm³/mol. The fraction of sp³-hybridized carbons (Fsp3) is 0.167. The Kier molecular flexibility index (Phi) is 3.06. The maximum absolute atomic E-state index is 11.7. The Morgan fingerprint density at radius 2 is 2.19 bits per heavy atom. The number of fused-ring (bicyclic) bond motifs is 1. The molecule has 0 atom stereocenters. The highest BCUT2D eigenvalue weighted by molar-refractivity contribution is 6.38. The number of para-hydroxylation sites is 1. The second-order valence-corrected chi connectivity index (χ2v) is 3.74. The Hall–Kier alpha value is -1.61. The smallest absolute Gasteiger partial charge is 0.254 e. The molecule has 1 aromatic carbocycles. The van der Waals surface area contributed by atoms with Crippen LogP contribution in [-0.4, -0.2) is 17.4 Å². The largest absolute Gasteiger partial charge is 0.352 e. The van der Waals surface area contributed by atoms with Crippen LogP contribution in [0, 0.1) is 0 Å². The van der Waals surface area contributed by atoms with Crippen molar-refractivity contribution in [3.8, 4) is 0 Å². The van der Waals surface area contributed by atoms with E-state index in [0.717, 1.165) is 10.9 Å². The summed E-state index contributed by atoms with van der Waals surface area (Å²) in [6.07, 6.45) is 1.51. The van der Waals surface area contributed by atoms with E-state index in [1.165, 1.54) is 6.20 Å². The summed E-state index contributed by atoms with van der Waals surface area (Å²) in [5.74, 6) is -0.189. The zero-order chi connectivity index (χ0) is 11.5. The van der Waals surface area contributed by atoms with Crippen molar-refractivity contribution in [3.05, 3.63) is 41.0 Å². The van der Waals surface area contributed by atoms with E-state index in [-0.39, 0.29) is 5.91 Å². The van der Waals surface area contributed by atoms with Gasteiger partial charge in [-0.05, 0) is 13.0 Å². The van der Waals surface area contributed by atoms with Gasteiger partial charge in [-0.1, -0.05) is 29.8 Å². The second-order valence-electron chi connectivity index (χ2n) is 3.36. The highest BCUT2D eigenvalue weighted by Gasteiger charge is 2.12. The molecule has 0 aliphatic carbocycles. The summed E-state index contributed by atoms with van der Waals surface area (Å²) in [4.78, 5) is 15.9. The van der Waals surface area contributed by atoms with Gasteiger partial charge >= 0.3 is 0 Å². The van der Waals surface area contributed by atoms with E-state index >= 15 is 0 Å². The van der Waals surface area contributed by atoms with E-state index in [0.29, 0.717) is 17.1 Å². The van der Waals surface area contributed by atoms with Crippen LogP contribution in [0.15, 0.2) is 30.5 Å². The number of hydrogen-bond donors (Lipinski definition) is 1. The van der Waals surface area contributed by atoms with Crippen molar-refractivity contribution in [2.45, 2.75) is 6.92 Å². The summed E-state index contributed by atoms with van der Waals surface area (Å²) in [7, 11) is 0. The molecule has 0 radical (unpaired) electrons. The summed E-state index contributed by atoms with van der Waals surface area (Å²) >= 11 is 6.17. The molecule has 1 amide bonds. The summed E-state index contributed by atoms with van der Waals surface area (Å²) in [5, 5.41) is 3.96. The van der Waals surface area contributed by atoms with Crippen LogP contribution in [0.2, 0.25) is 5.02 Å². The number of aromatic nitrogens is 1. The fourth-order valence-electron chi connectivity index (χ4n) is 1.52. The number of rotatable bonds is 2. The molecule has 2 rings (SSSR count). The number of nitrogens with one attached hydrogen (secondary N) is 1. The van der Waals surface area contributed by atoms with Crippen LogP contribution in [0.5, 0.6) is 0 Å². The summed E-state index contributed by atoms with van der Waals surface area (Å²) in [5.41, 5.74) is 1.21. The second kappa shape index (κ2) is 4.49. The Labute approximate surface area is 98.4 Å². The lowest BCUT2D eigenvalue weighted by Crippen LogP contribution is -2.23. The van der Waals surface area contributed by atoms with Gasteiger partial charge in [0.05, 0.1) is 16.1 Å². The summed E-state index contributed by atoms with van der Waals surface area (Å²) in [6, 6.07) is 7.48. The first-order valence-electron chi connectivity index (χ1n) is 5.05. The molecule has 1 N–H and O–H groups in total. The number of pyridine rings is 1. The quantitative estimate of drug-likeness (QED) is 0.868. The Balaban J connectivity index is 2.56. The zero-order valence-corrected chi connectivity index (χ0v) is 9.58. The average molecular weight is 235 g/mol. The lowest BCUT2D eigenvalue weighted by molar-refractivity contribution is 0.0956. The number of halogens is 1. The first-order chi connectivity index (χ1) is 7.74. The number of hydrogen-bond acceptors (Lipinski definition) is 2. The van der Waals surface area contributed by atoms with Gasteiger partial charge in [-0.2, -0.15) is 0 Å². The minimum absolute atomic E-state index is 0.189. The Morgan fingerprint density at radius 1 is 1.44 bits per heavy atom. The Bertz CT molecular complexity index is 540. The monoisotopic (exact) mass is 234 g/mol. The molecular weight excluding hydrogens is 224 g/mol. The van der Waals surface area contributed by atoms with Crippen LogP contribution in [0.3, 0.4) is 0 Å². The molecule has 0 aliphatic heterocycles. The van der Waals surface area contributed by atoms with Gasteiger partial charge in [0.25, 0.3) is 5.91 Å². The van der Waals surface area contributed by atoms with Crippen molar-refractivity contribution in [2.75, 3.05) is 6.54 Å². The molecule has 1 heterocycles. The summed E-state index contributed by atoms with van der Waals surface area (Å²) in [6.45, 7) is 2.43. The highest BCUT2D eigenvalue weighted by atomic mass is 35.5. The third-order valence-electron chi connectivity index (χ3n) is 2.29.